The number of nitrogens with two attached hydrogens (primary N) is 1. The van der Waals surface area contributed by atoms with Crippen molar-refractivity contribution in [2.75, 3.05) is 5.32 Å². The van der Waals surface area contributed by atoms with Gasteiger partial charge in [0.25, 0.3) is 0 Å². The van der Waals surface area contributed by atoms with Crippen LogP contribution in [0.2, 0.25) is 5.02 Å². The summed E-state index contributed by atoms with van der Waals surface area (Å²) in [7, 11) is 0. The van der Waals surface area contributed by atoms with E-state index < -0.39 is 11.8 Å². The molecule has 0 aliphatic heterocycles. The Morgan fingerprint density at radius 2 is 2.20 bits per heavy atom. The number of hydrogen-bond donors (Lipinski definition) is 3. The first-order chi connectivity index (χ1) is 6.93. The lowest BCUT2D eigenvalue weighted by atomic mass is 10.1. The smallest absolute Gasteiger partial charge is 0.337 e. The summed E-state index contributed by atoms with van der Waals surface area (Å²) in [6, 6.07) is 2.31. The molecule has 15 heavy (non-hydrogen) atoms. The second-order valence-corrected chi connectivity index (χ2v) is 3.43. The van der Waals surface area contributed by atoms with E-state index in [0.29, 0.717) is 0 Å². The van der Waals surface area contributed by atoms with Gasteiger partial charge in [0.15, 0.2) is 10.9 Å². The van der Waals surface area contributed by atoms with Gasteiger partial charge in [0.05, 0.1) is 16.3 Å². The molecule has 1 aromatic carbocycles. The Labute approximate surface area is 94.8 Å². The van der Waals surface area contributed by atoms with Crippen LogP contribution in [-0.4, -0.2) is 16.2 Å². The maximum Gasteiger partial charge on any atom is 0.337 e. The molecular formula is C8H6ClFN2O2S. The van der Waals surface area contributed by atoms with Crippen LogP contribution in [0, 0.1) is 5.82 Å². The summed E-state index contributed by atoms with van der Waals surface area (Å²) < 4.78 is 13.4. The zero-order valence-electron chi connectivity index (χ0n) is 7.25. The lowest BCUT2D eigenvalue weighted by Crippen LogP contribution is -2.21. The third-order valence-electron chi connectivity index (χ3n) is 1.57. The van der Waals surface area contributed by atoms with Crippen molar-refractivity contribution >= 4 is 40.6 Å². The maximum atomic E-state index is 13.4. The van der Waals surface area contributed by atoms with Crippen LogP contribution in [-0.2, 0) is 0 Å². The average Bonchev–Trinajstić information content (AvgIpc) is 2.12. The highest BCUT2D eigenvalue weighted by Gasteiger charge is 2.17. The Balaban J connectivity index is 3.34. The summed E-state index contributed by atoms with van der Waals surface area (Å²) in [6.45, 7) is 0. The molecule has 0 aliphatic rings. The number of aromatic carboxylic acids is 1. The Morgan fingerprint density at radius 1 is 1.60 bits per heavy atom. The van der Waals surface area contributed by atoms with Crippen LogP contribution in [0.15, 0.2) is 12.1 Å². The normalized spacial score (nSPS) is 9.73. The van der Waals surface area contributed by atoms with Crippen molar-refractivity contribution in [2.45, 2.75) is 0 Å². The molecule has 0 saturated heterocycles. The van der Waals surface area contributed by atoms with Gasteiger partial charge in [0.1, 0.15) is 0 Å². The second kappa shape index (κ2) is 4.41. The van der Waals surface area contributed by atoms with Gasteiger partial charge in [-0.15, -0.1) is 0 Å². The fraction of sp³-hybridized carbons (Fsp3) is 0. The van der Waals surface area contributed by atoms with Crippen molar-refractivity contribution in [3.63, 3.8) is 0 Å². The fourth-order valence-electron chi connectivity index (χ4n) is 0.974. The van der Waals surface area contributed by atoms with E-state index in [0.717, 1.165) is 12.1 Å². The number of rotatable bonds is 2. The van der Waals surface area contributed by atoms with Gasteiger partial charge in [0.2, 0.25) is 0 Å². The van der Waals surface area contributed by atoms with Gasteiger partial charge in [-0.2, -0.15) is 0 Å². The summed E-state index contributed by atoms with van der Waals surface area (Å²) in [5.41, 5.74) is 4.51. The van der Waals surface area contributed by atoms with E-state index in [1.54, 1.807) is 0 Å². The van der Waals surface area contributed by atoms with E-state index in [2.05, 4.69) is 17.5 Å². The minimum absolute atomic E-state index is 0.209. The molecule has 0 bridgehead atoms. The van der Waals surface area contributed by atoms with Gasteiger partial charge >= 0.3 is 5.97 Å². The van der Waals surface area contributed by atoms with Crippen LogP contribution < -0.4 is 11.1 Å². The Hall–Kier alpha value is -1.40. The van der Waals surface area contributed by atoms with Gasteiger partial charge in [0, 0.05) is 0 Å². The van der Waals surface area contributed by atoms with Crippen LogP contribution in [0.1, 0.15) is 10.4 Å². The molecule has 0 fully saturated rings. The van der Waals surface area contributed by atoms with Crippen molar-refractivity contribution in [2.24, 2.45) is 5.73 Å². The van der Waals surface area contributed by atoms with E-state index in [1.807, 2.05) is 0 Å². The summed E-state index contributed by atoms with van der Waals surface area (Å²) in [5, 5.41) is 10.5. The number of carbonyl (C=O) groups is 1. The van der Waals surface area contributed by atoms with E-state index in [-0.39, 0.29) is 21.4 Å². The van der Waals surface area contributed by atoms with Crippen molar-refractivity contribution < 1.29 is 14.3 Å². The molecule has 0 aliphatic carbocycles. The van der Waals surface area contributed by atoms with Crippen LogP contribution in [0.25, 0.3) is 0 Å². The van der Waals surface area contributed by atoms with Gasteiger partial charge < -0.3 is 16.2 Å². The van der Waals surface area contributed by atoms with Crippen molar-refractivity contribution in [3.8, 4) is 0 Å². The molecule has 0 amide bonds. The first kappa shape index (κ1) is 11.7. The quantitative estimate of drug-likeness (QED) is 0.697. The van der Waals surface area contributed by atoms with Crippen LogP contribution in [0.5, 0.6) is 0 Å². The third-order valence-corrected chi connectivity index (χ3v) is 1.97. The van der Waals surface area contributed by atoms with E-state index in [4.69, 9.17) is 22.4 Å². The zero-order valence-corrected chi connectivity index (χ0v) is 8.82. The number of hydrogen-bond acceptors (Lipinski definition) is 2. The molecule has 0 heterocycles. The molecule has 0 atom stereocenters. The van der Waals surface area contributed by atoms with Crippen LogP contribution >= 0.6 is 23.8 Å². The number of halogens is 2. The standard InChI is InChI=1S/C8H6ClFN2O2S/c9-4-2-1-3(7(13)14)6(5(4)10)12-8(11)15/h1-2H,(H,13,14)(H3,11,12,15). The van der Waals surface area contributed by atoms with Gasteiger partial charge in [-0.3, -0.25) is 0 Å². The lowest BCUT2D eigenvalue weighted by molar-refractivity contribution is 0.0697. The number of nitrogens with one attached hydrogen (secondary N) is 1. The molecule has 80 valence electrons. The second-order valence-electron chi connectivity index (χ2n) is 2.58. The minimum Gasteiger partial charge on any atom is -0.478 e. The molecule has 4 N–H and O–H groups in total. The van der Waals surface area contributed by atoms with Crippen molar-refractivity contribution in [1.29, 1.82) is 0 Å². The number of thiocarbonyl (C=S) groups is 1. The summed E-state index contributed by atoms with van der Waals surface area (Å²) in [6.07, 6.45) is 0. The molecule has 0 aromatic heterocycles. The van der Waals surface area contributed by atoms with Crippen LogP contribution in [0.3, 0.4) is 0 Å². The first-order valence-electron chi connectivity index (χ1n) is 3.71. The topological polar surface area (TPSA) is 75.3 Å². The molecule has 4 nitrogen and oxygen atoms in total. The number of carboxylic acids is 1. The molecule has 0 radical (unpaired) electrons. The van der Waals surface area contributed by atoms with Gasteiger partial charge in [-0.1, -0.05) is 11.6 Å². The Morgan fingerprint density at radius 3 is 2.67 bits per heavy atom. The molecule has 7 heteroatoms. The van der Waals surface area contributed by atoms with Crippen molar-refractivity contribution in [1.82, 2.24) is 0 Å². The average molecular weight is 249 g/mol. The Bertz CT molecular complexity index is 439. The SMILES string of the molecule is NC(=S)Nc1c(C(=O)O)ccc(Cl)c1F. The number of carboxylic acid groups (broad SMARTS) is 1. The monoisotopic (exact) mass is 248 g/mol. The molecular weight excluding hydrogens is 243 g/mol. The summed E-state index contributed by atoms with van der Waals surface area (Å²) in [4.78, 5) is 10.7. The number of anilines is 1. The first-order valence-corrected chi connectivity index (χ1v) is 4.50. The Kier molecular flexibility index (Phi) is 3.43. The lowest BCUT2D eigenvalue weighted by Gasteiger charge is -2.09. The van der Waals surface area contributed by atoms with E-state index in [9.17, 15) is 9.18 Å². The fourth-order valence-corrected chi connectivity index (χ4v) is 1.23. The highest BCUT2D eigenvalue weighted by Crippen LogP contribution is 2.26. The zero-order chi connectivity index (χ0) is 11.6. The van der Waals surface area contributed by atoms with E-state index >= 15 is 0 Å². The number of benzene rings is 1. The van der Waals surface area contributed by atoms with E-state index in [1.165, 1.54) is 0 Å². The highest BCUT2D eigenvalue weighted by atomic mass is 35.5. The predicted octanol–water partition coefficient (Wildman–Crippen LogP) is 1.83. The highest BCUT2D eigenvalue weighted by molar-refractivity contribution is 7.80. The summed E-state index contributed by atoms with van der Waals surface area (Å²) >= 11 is 9.97. The molecule has 1 rings (SSSR count). The molecule has 0 unspecified atom stereocenters. The van der Waals surface area contributed by atoms with Gasteiger partial charge in [-0.25, -0.2) is 9.18 Å². The van der Waals surface area contributed by atoms with Crippen molar-refractivity contribution in [3.05, 3.63) is 28.5 Å². The summed E-state index contributed by atoms with van der Waals surface area (Å²) in [5.74, 6) is -2.20. The molecule has 0 saturated carbocycles. The molecule has 1 aromatic rings. The third kappa shape index (κ3) is 2.54. The maximum absolute atomic E-state index is 13.4. The predicted molar refractivity (Wildman–Crippen MR) is 58.8 cm³/mol. The minimum atomic E-state index is -1.30. The van der Waals surface area contributed by atoms with Crippen LogP contribution in [0.4, 0.5) is 10.1 Å². The van der Waals surface area contributed by atoms with Gasteiger partial charge in [-0.05, 0) is 24.4 Å². The molecule has 0 spiro atoms. The largest absolute Gasteiger partial charge is 0.478 e.